The lowest BCUT2D eigenvalue weighted by Gasteiger charge is -2.23. The Bertz CT molecular complexity index is 514. The minimum Gasteiger partial charge on any atom is -0.481 e. The number of nitrogens with one attached hydrogen (secondary N) is 2. The number of aromatic nitrogens is 2. The number of aromatic amines is 1. The predicted octanol–water partition coefficient (Wildman–Crippen LogP) is 0.798. The summed E-state index contributed by atoms with van der Waals surface area (Å²) in [4.78, 5) is 29.0. The third kappa shape index (κ3) is 3.04. The molecule has 1 aromatic rings. The fraction of sp³-hybridized carbons (Fsp3) is 0.583. The van der Waals surface area contributed by atoms with E-state index in [0.717, 1.165) is 25.7 Å². The first-order valence-electron chi connectivity index (χ1n) is 6.42. The highest BCUT2D eigenvalue weighted by Crippen LogP contribution is 2.26. The van der Waals surface area contributed by atoms with E-state index in [-0.39, 0.29) is 17.5 Å². The topological polar surface area (TPSA) is 121 Å². The number of carboxylic acid groups (broad SMARTS) is 1. The zero-order valence-electron chi connectivity index (χ0n) is 10.6. The average molecular weight is 266 g/mol. The molecule has 1 heterocycles. The third-order valence-corrected chi connectivity index (χ3v) is 3.54. The zero-order valence-corrected chi connectivity index (χ0v) is 10.6. The van der Waals surface area contributed by atoms with Gasteiger partial charge in [0.15, 0.2) is 5.82 Å². The summed E-state index contributed by atoms with van der Waals surface area (Å²) >= 11 is 0. The molecule has 1 aliphatic rings. The molecule has 2 atom stereocenters. The van der Waals surface area contributed by atoms with Crippen molar-refractivity contribution in [2.75, 3.05) is 11.1 Å². The lowest BCUT2D eigenvalue weighted by atomic mass is 9.95. The maximum atomic E-state index is 11.4. The highest BCUT2D eigenvalue weighted by molar-refractivity contribution is 5.72. The van der Waals surface area contributed by atoms with Crippen molar-refractivity contribution in [1.29, 1.82) is 0 Å². The number of nitrogens with two attached hydrogens (primary N) is 1. The molecule has 2 unspecified atom stereocenters. The Hall–Kier alpha value is -2.05. The molecular formula is C12H18N4O3. The van der Waals surface area contributed by atoms with Crippen LogP contribution in [0, 0.1) is 5.92 Å². The molecule has 1 fully saturated rings. The van der Waals surface area contributed by atoms with Gasteiger partial charge in [0, 0.05) is 6.04 Å². The van der Waals surface area contributed by atoms with Crippen molar-refractivity contribution in [2.24, 2.45) is 5.92 Å². The second kappa shape index (κ2) is 5.73. The van der Waals surface area contributed by atoms with E-state index in [2.05, 4.69) is 15.3 Å². The molecule has 0 amide bonds. The van der Waals surface area contributed by atoms with E-state index >= 15 is 0 Å². The van der Waals surface area contributed by atoms with Gasteiger partial charge in [-0.3, -0.25) is 9.59 Å². The Morgan fingerprint density at radius 2 is 2.16 bits per heavy atom. The number of rotatable bonds is 3. The van der Waals surface area contributed by atoms with Crippen molar-refractivity contribution in [3.05, 3.63) is 16.7 Å². The number of carbonyl (C=O) groups is 1. The van der Waals surface area contributed by atoms with Crippen LogP contribution in [0.1, 0.15) is 32.1 Å². The minimum absolute atomic E-state index is 0.00381. The number of nitrogens with zero attached hydrogens (tertiary/aromatic N) is 1. The number of aliphatic carboxylic acids is 1. The summed E-state index contributed by atoms with van der Waals surface area (Å²) in [5.41, 5.74) is 5.22. The highest BCUT2D eigenvalue weighted by atomic mass is 16.4. The van der Waals surface area contributed by atoms with Crippen LogP contribution in [0.25, 0.3) is 0 Å². The van der Waals surface area contributed by atoms with E-state index in [0.29, 0.717) is 6.42 Å². The molecule has 1 aromatic heterocycles. The largest absolute Gasteiger partial charge is 0.481 e. The molecule has 0 saturated heterocycles. The van der Waals surface area contributed by atoms with Gasteiger partial charge in [0.2, 0.25) is 0 Å². The molecule has 0 spiro atoms. The van der Waals surface area contributed by atoms with Crippen molar-refractivity contribution in [3.8, 4) is 0 Å². The second-order valence-corrected chi connectivity index (χ2v) is 4.83. The standard InChI is InChI=1S/C12H18N4O3/c13-9-10(14-6-15-11(9)17)16-8-5-3-1-2-4-7(8)12(18)19/h6-8H,1-5,13H2,(H,18,19)(H2,14,15,16,17). The van der Waals surface area contributed by atoms with Crippen LogP contribution in [0.4, 0.5) is 11.5 Å². The van der Waals surface area contributed by atoms with Crippen LogP contribution in [0.15, 0.2) is 11.1 Å². The van der Waals surface area contributed by atoms with Crippen LogP contribution in [0.5, 0.6) is 0 Å². The molecule has 1 aliphatic carbocycles. The summed E-state index contributed by atoms with van der Waals surface area (Å²) in [5.74, 6) is -1.02. The van der Waals surface area contributed by atoms with Crippen molar-refractivity contribution in [3.63, 3.8) is 0 Å². The van der Waals surface area contributed by atoms with Crippen molar-refractivity contribution < 1.29 is 9.90 Å². The summed E-state index contributed by atoms with van der Waals surface area (Å²) in [6.45, 7) is 0. The molecule has 2 rings (SSSR count). The molecule has 0 bridgehead atoms. The van der Waals surface area contributed by atoms with E-state index in [1.165, 1.54) is 6.33 Å². The van der Waals surface area contributed by atoms with Gasteiger partial charge in [-0.05, 0) is 12.8 Å². The maximum Gasteiger partial charge on any atom is 0.308 e. The Morgan fingerprint density at radius 1 is 1.42 bits per heavy atom. The minimum atomic E-state index is -0.817. The van der Waals surface area contributed by atoms with Gasteiger partial charge in [0.05, 0.1) is 12.2 Å². The first-order chi connectivity index (χ1) is 9.09. The highest BCUT2D eigenvalue weighted by Gasteiger charge is 2.30. The Morgan fingerprint density at radius 3 is 2.89 bits per heavy atom. The summed E-state index contributed by atoms with van der Waals surface area (Å²) in [5, 5.41) is 12.3. The molecule has 0 aliphatic heterocycles. The van der Waals surface area contributed by atoms with E-state index in [1.54, 1.807) is 0 Å². The lowest BCUT2D eigenvalue weighted by molar-refractivity contribution is -0.142. The Labute approximate surface area is 110 Å². The first-order valence-corrected chi connectivity index (χ1v) is 6.42. The summed E-state index contributed by atoms with van der Waals surface area (Å²) in [7, 11) is 0. The Balaban J connectivity index is 2.21. The van der Waals surface area contributed by atoms with Gasteiger partial charge in [0.25, 0.3) is 5.56 Å². The predicted molar refractivity (Wildman–Crippen MR) is 70.9 cm³/mol. The van der Waals surface area contributed by atoms with Gasteiger partial charge in [-0.25, -0.2) is 4.98 Å². The first kappa shape index (κ1) is 13.4. The molecule has 0 aromatic carbocycles. The van der Waals surface area contributed by atoms with Crippen LogP contribution < -0.4 is 16.6 Å². The van der Waals surface area contributed by atoms with Gasteiger partial charge in [-0.1, -0.05) is 19.3 Å². The van der Waals surface area contributed by atoms with Gasteiger partial charge in [-0.2, -0.15) is 0 Å². The Kier molecular flexibility index (Phi) is 4.03. The maximum absolute atomic E-state index is 11.4. The van der Waals surface area contributed by atoms with E-state index in [1.807, 2.05) is 0 Å². The van der Waals surface area contributed by atoms with Crippen LogP contribution in [-0.2, 0) is 4.79 Å². The average Bonchev–Trinajstić information content (AvgIpc) is 2.60. The SMILES string of the molecule is Nc1c(NC2CCCCCC2C(=O)O)nc[nH]c1=O. The second-order valence-electron chi connectivity index (χ2n) is 4.83. The molecule has 104 valence electrons. The van der Waals surface area contributed by atoms with Crippen molar-refractivity contribution in [2.45, 2.75) is 38.1 Å². The van der Waals surface area contributed by atoms with Crippen LogP contribution in [-0.4, -0.2) is 27.1 Å². The van der Waals surface area contributed by atoms with E-state index < -0.39 is 17.4 Å². The quantitative estimate of drug-likeness (QED) is 0.600. The van der Waals surface area contributed by atoms with Crippen molar-refractivity contribution in [1.82, 2.24) is 9.97 Å². The smallest absolute Gasteiger partial charge is 0.308 e. The summed E-state index contributed by atoms with van der Waals surface area (Å²) < 4.78 is 0. The fourth-order valence-electron chi connectivity index (χ4n) is 2.48. The van der Waals surface area contributed by atoms with E-state index in [9.17, 15) is 14.7 Å². The molecule has 19 heavy (non-hydrogen) atoms. The molecule has 5 N–H and O–H groups in total. The summed E-state index contributed by atoms with van der Waals surface area (Å²) in [6, 6.07) is -0.239. The van der Waals surface area contributed by atoms with Crippen LogP contribution >= 0.6 is 0 Å². The van der Waals surface area contributed by atoms with E-state index in [4.69, 9.17) is 5.73 Å². The third-order valence-electron chi connectivity index (χ3n) is 3.54. The van der Waals surface area contributed by atoms with Crippen LogP contribution in [0.3, 0.4) is 0 Å². The monoisotopic (exact) mass is 266 g/mol. The zero-order chi connectivity index (χ0) is 13.8. The van der Waals surface area contributed by atoms with Gasteiger partial charge in [0.1, 0.15) is 5.69 Å². The number of anilines is 2. The molecule has 0 radical (unpaired) electrons. The van der Waals surface area contributed by atoms with Gasteiger partial charge in [-0.15, -0.1) is 0 Å². The molecule has 7 nitrogen and oxygen atoms in total. The number of nitrogen functional groups attached to an aromatic ring is 1. The van der Waals surface area contributed by atoms with Crippen LogP contribution in [0.2, 0.25) is 0 Å². The number of hydrogen-bond acceptors (Lipinski definition) is 5. The van der Waals surface area contributed by atoms with Gasteiger partial charge >= 0.3 is 5.97 Å². The normalized spacial score (nSPS) is 23.6. The fourth-order valence-corrected chi connectivity index (χ4v) is 2.48. The molecular weight excluding hydrogens is 248 g/mol. The van der Waals surface area contributed by atoms with Gasteiger partial charge < -0.3 is 21.1 Å². The number of hydrogen-bond donors (Lipinski definition) is 4. The summed E-state index contributed by atoms with van der Waals surface area (Å²) in [6.07, 6.45) is 5.53. The molecule has 7 heteroatoms. The van der Waals surface area contributed by atoms with Crippen molar-refractivity contribution >= 4 is 17.5 Å². The number of H-pyrrole nitrogens is 1. The lowest BCUT2D eigenvalue weighted by Crippen LogP contribution is -2.34. The molecule has 1 saturated carbocycles. The number of carboxylic acids is 1.